The minimum atomic E-state index is -0.0129. The zero-order chi connectivity index (χ0) is 15.1. The molecule has 6 heteroatoms. The van der Waals surface area contributed by atoms with Crippen LogP contribution in [0.1, 0.15) is 11.1 Å². The van der Waals surface area contributed by atoms with Crippen molar-refractivity contribution in [1.29, 1.82) is 0 Å². The van der Waals surface area contributed by atoms with Gasteiger partial charge in [0.25, 0.3) is 0 Å². The van der Waals surface area contributed by atoms with Crippen molar-refractivity contribution in [2.45, 2.75) is 13.3 Å². The summed E-state index contributed by atoms with van der Waals surface area (Å²) in [5.41, 5.74) is 10.9. The molecule has 0 saturated heterocycles. The van der Waals surface area contributed by atoms with E-state index in [2.05, 4.69) is 26.6 Å². The molecule has 0 fully saturated rings. The van der Waals surface area contributed by atoms with Gasteiger partial charge in [-0.1, -0.05) is 11.6 Å². The fourth-order valence-electron chi connectivity index (χ4n) is 2.29. The predicted octanol–water partition coefficient (Wildman–Crippen LogP) is 4.23. The number of hydrogen-bond acceptors (Lipinski definition) is 3. The minimum absolute atomic E-state index is 0.0129. The molecule has 2 aromatic rings. The number of amides is 1. The molecule has 4 N–H and O–H groups in total. The monoisotopic (exact) mass is 365 g/mol. The van der Waals surface area contributed by atoms with Crippen molar-refractivity contribution in [2.24, 2.45) is 0 Å². The second-order valence-corrected chi connectivity index (χ2v) is 6.29. The lowest BCUT2D eigenvalue weighted by molar-refractivity contribution is -0.115. The molecule has 4 nitrogen and oxygen atoms in total. The van der Waals surface area contributed by atoms with Crippen molar-refractivity contribution in [3.05, 3.63) is 44.9 Å². The van der Waals surface area contributed by atoms with Crippen molar-refractivity contribution in [1.82, 2.24) is 0 Å². The van der Waals surface area contributed by atoms with E-state index in [1.54, 1.807) is 0 Å². The smallest absolute Gasteiger partial charge is 0.228 e. The van der Waals surface area contributed by atoms with Gasteiger partial charge in [-0.15, -0.1) is 0 Å². The van der Waals surface area contributed by atoms with Crippen molar-refractivity contribution in [2.75, 3.05) is 16.4 Å². The number of nitrogens with one attached hydrogen (secondary N) is 2. The number of fused-ring (bicyclic) bond motifs is 1. The molecule has 0 bridgehead atoms. The van der Waals surface area contributed by atoms with Gasteiger partial charge in [-0.25, -0.2) is 0 Å². The number of anilines is 4. The van der Waals surface area contributed by atoms with Crippen LogP contribution in [0.3, 0.4) is 0 Å². The zero-order valence-corrected chi connectivity index (χ0v) is 13.6. The van der Waals surface area contributed by atoms with Crippen LogP contribution in [0, 0.1) is 6.92 Å². The van der Waals surface area contributed by atoms with Crippen LogP contribution in [0.15, 0.2) is 28.7 Å². The fourth-order valence-corrected chi connectivity index (χ4v) is 3.01. The molecule has 1 aliphatic rings. The highest BCUT2D eigenvalue weighted by Crippen LogP contribution is 2.36. The van der Waals surface area contributed by atoms with Gasteiger partial charge in [0.05, 0.1) is 23.5 Å². The number of carbonyl (C=O) groups excluding carboxylic acids is 1. The average Bonchev–Trinajstić information content (AvgIpc) is 2.75. The number of benzene rings is 2. The molecule has 2 aromatic carbocycles. The Kier molecular flexibility index (Phi) is 3.55. The summed E-state index contributed by atoms with van der Waals surface area (Å²) in [6.07, 6.45) is 0.375. The number of halogens is 2. The van der Waals surface area contributed by atoms with Crippen LogP contribution in [-0.4, -0.2) is 5.91 Å². The molecule has 0 atom stereocenters. The lowest BCUT2D eigenvalue weighted by Gasteiger charge is -2.14. The first kappa shape index (κ1) is 14.2. The first-order valence-electron chi connectivity index (χ1n) is 6.39. The van der Waals surface area contributed by atoms with E-state index in [9.17, 15) is 4.79 Å². The number of rotatable bonds is 2. The van der Waals surface area contributed by atoms with Crippen LogP contribution >= 0.6 is 27.5 Å². The SMILES string of the molecule is Cc1cc(Br)c(Nc2cc3c(cc2N)CC(=O)N3)cc1Cl. The Bertz CT molecular complexity index is 761. The van der Waals surface area contributed by atoms with Crippen molar-refractivity contribution in [3.63, 3.8) is 0 Å². The third-order valence-electron chi connectivity index (χ3n) is 3.42. The predicted molar refractivity (Wildman–Crippen MR) is 90.4 cm³/mol. The van der Waals surface area contributed by atoms with Gasteiger partial charge in [0.1, 0.15) is 0 Å². The van der Waals surface area contributed by atoms with E-state index >= 15 is 0 Å². The summed E-state index contributed by atoms with van der Waals surface area (Å²) < 4.78 is 0.897. The van der Waals surface area contributed by atoms with Crippen LogP contribution in [0.2, 0.25) is 5.02 Å². The van der Waals surface area contributed by atoms with Crippen molar-refractivity contribution < 1.29 is 4.79 Å². The second-order valence-electron chi connectivity index (χ2n) is 5.03. The van der Waals surface area contributed by atoms with Crippen LogP contribution in [-0.2, 0) is 11.2 Å². The van der Waals surface area contributed by atoms with E-state index in [-0.39, 0.29) is 5.91 Å². The summed E-state index contributed by atoms with van der Waals surface area (Å²) in [4.78, 5) is 11.4. The summed E-state index contributed by atoms with van der Waals surface area (Å²) in [6.45, 7) is 1.94. The van der Waals surface area contributed by atoms with Crippen LogP contribution in [0.25, 0.3) is 0 Å². The Morgan fingerprint density at radius 2 is 2.05 bits per heavy atom. The molecule has 0 saturated carbocycles. The summed E-state index contributed by atoms with van der Waals surface area (Å²) in [7, 11) is 0. The number of hydrogen-bond donors (Lipinski definition) is 3. The average molecular weight is 367 g/mol. The lowest BCUT2D eigenvalue weighted by Crippen LogP contribution is -2.03. The molecule has 1 amide bonds. The molecule has 0 spiro atoms. The van der Waals surface area contributed by atoms with E-state index in [4.69, 9.17) is 17.3 Å². The van der Waals surface area contributed by atoms with Crippen LogP contribution in [0.4, 0.5) is 22.7 Å². The van der Waals surface area contributed by atoms with Gasteiger partial charge in [-0.3, -0.25) is 4.79 Å². The summed E-state index contributed by atoms with van der Waals surface area (Å²) in [5, 5.41) is 6.73. The van der Waals surface area contributed by atoms with Gasteiger partial charge in [-0.2, -0.15) is 0 Å². The highest BCUT2D eigenvalue weighted by Gasteiger charge is 2.19. The van der Waals surface area contributed by atoms with E-state index in [0.29, 0.717) is 17.1 Å². The van der Waals surface area contributed by atoms with E-state index in [1.165, 1.54) is 0 Å². The van der Waals surface area contributed by atoms with Crippen molar-refractivity contribution in [3.8, 4) is 0 Å². The van der Waals surface area contributed by atoms with Gasteiger partial charge in [0.2, 0.25) is 5.91 Å². The Morgan fingerprint density at radius 3 is 2.81 bits per heavy atom. The molecule has 1 heterocycles. The first-order chi connectivity index (χ1) is 9.94. The highest BCUT2D eigenvalue weighted by molar-refractivity contribution is 9.10. The molecule has 108 valence electrons. The van der Waals surface area contributed by atoms with Gasteiger partial charge in [0.15, 0.2) is 0 Å². The lowest BCUT2D eigenvalue weighted by atomic mass is 10.1. The molecule has 0 aromatic heterocycles. The molecule has 21 heavy (non-hydrogen) atoms. The maximum absolute atomic E-state index is 11.4. The molecular weight excluding hydrogens is 354 g/mol. The van der Waals surface area contributed by atoms with E-state index in [1.807, 2.05) is 31.2 Å². The van der Waals surface area contributed by atoms with E-state index in [0.717, 1.165) is 32.7 Å². The molecule has 0 radical (unpaired) electrons. The Hall–Kier alpha value is -1.72. The quantitative estimate of drug-likeness (QED) is 0.697. The number of aryl methyl sites for hydroxylation is 1. The summed E-state index contributed by atoms with van der Waals surface area (Å²) in [6, 6.07) is 7.44. The van der Waals surface area contributed by atoms with Gasteiger partial charge < -0.3 is 16.4 Å². The third kappa shape index (κ3) is 2.71. The van der Waals surface area contributed by atoms with Crippen LogP contribution < -0.4 is 16.4 Å². The van der Waals surface area contributed by atoms with E-state index < -0.39 is 0 Å². The summed E-state index contributed by atoms with van der Waals surface area (Å²) in [5.74, 6) is -0.0129. The van der Waals surface area contributed by atoms with Crippen molar-refractivity contribution >= 4 is 56.2 Å². The largest absolute Gasteiger partial charge is 0.397 e. The standard InChI is InChI=1S/C15H13BrClN3O/c1-7-2-9(16)13(5-10(7)17)19-14-6-12-8(3-11(14)18)4-15(21)20-12/h2-3,5-6,19H,4,18H2,1H3,(H,20,21). The number of nitrogen functional groups attached to an aromatic ring is 1. The topological polar surface area (TPSA) is 67.1 Å². The maximum Gasteiger partial charge on any atom is 0.228 e. The highest BCUT2D eigenvalue weighted by atomic mass is 79.9. The molecule has 1 aliphatic heterocycles. The van der Waals surface area contributed by atoms with Gasteiger partial charge in [0, 0.05) is 15.2 Å². The zero-order valence-electron chi connectivity index (χ0n) is 11.3. The number of carbonyl (C=O) groups is 1. The molecule has 0 unspecified atom stereocenters. The summed E-state index contributed by atoms with van der Waals surface area (Å²) >= 11 is 9.66. The minimum Gasteiger partial charge on any atom is -0.397 e. The van der Waals surface area contributed by atoms with Gasteiger partial charge >= 0.3 is 0 Å². The molecular formula is C15H13BrClN3O. The molecule has 3 rings (SSSR count). The van der Waals surface area contributed by atoms with Crippen LogP contribution in [0.5, 0.6) is 0 Å². The van der Waals surface area contributed by atoms with Gasteiger partial charge in [-0.05, 0) is 58.2 Å². The Balaban J connectivity index is 1.98. The fraction of sp³-hybridized carbons (Fsp3) is 0.133. The number of nitrogens with two attached hydrogens (primary N) is 1. The second kappa shape index (κ2) is 5.24. The maximum atomic E-state index is 11.4. The first-order valence-corrected chi connectivity index (χ1v) is 7.56. The third-order valence-corrected chi connectivity index (χ3v) is 4.48. The Labute approximate surface area is 135 Å². The molecule has 0 aliphatic carbocycles. The normalized spacial score (nSPS) is 13.0. The Morgan fingerprint density at radius 1 is 1.29 bits per heavy atom.